The van der Waals surface area contributed by atoms with Gasteiger partial charge in [0.2, 0.25) is 0 Å². The highest BCUT2D eigenvalue weighted by molar-refractivity contribution is 7.13. The van der Waals surface area contributed by atoms with Gasteiger partial charge >= 0.3 is 0 Å². The van der Waals surface area contributed by atoms with E-state index in [2.05, 4.69) is 42.4 Å². The maximum absolute atomic E-state index is 5.75. The summed E-state index contributed by atoms with van der Waals surface area (Å²) in [7, 11) is 1.70. The Balaban J connectivity index is 1.93. The molecule has 1 heterocycles. The number of methoxy groups -OCH3 is 1. The zero-order valence-electron chi connectivity index (χ0n) is 11.4. The predicted molar refractivity (Wildman–Crippen MR) is 78.8 cm³/mol. The van der Waals surface area contributed by atoms with Crippen molar-refractivity contribution in [3.63, 3.8) is 0 Å². The van der Waals surface area contributed by atoms with Gasteiger partial charge in [0.25, 0.3) is 0 Å². The van der Waals surface area contributed by atoms with E-state index in [1.165, 1.54) is 16.9 Å². The molecule has 0 aliphatic heterocycles. The molecule has 0 spiro atoms. The molecule has 0 amide bonds. The van der Waals surface area contributed by atoms with Crippen molar-refractivity contribution in [1.82, 2.24) is 4.98 Å². The van der Waals surface area contributed by atoms with Crippen LogP contribution >= 0.6 is 11.3 Å². The van der Waals surface area contributed by atoms with Gasteiger partial charge in [0.15, 0.2) is 5.13 Å². The lowest BCUT2D eigenvalue weighted by Crippen LogP contribution is -1.91. The molecule has 2 aromatic rings. The van der Waals surface area contributed by atoms with Crippen molar-refractivity contribution in [2.75, 3.05) is 12.8 Å². The maximum Gasteiger partial charge on any atom is 0.180 e. The van der Waals surface area contributed by atoms with Crippen LogP contribution in [0, 0.1) is 5.41 Å². The third kappa shape index (κ3) is 2.00. The van der Waals surface area contributed by atoms with Crippen molar-refractivity contribution in [2.45, 2.75) is 25.7 Å². The highest BCUT2D eigenvalue weighted by Gasteiger charge is 2.59. The number of ether oxygens (including phenoxy) is 1. The normalized spacial score (nSPS) is 24.2. The number of nitrogens with zero attached hydrogens (tertiary/aromatic N) is 1. The summed E-state index contributed by atoms with van der Waals surface area (Å²) in [6.07, 6.45) is 0. The summed E-state index contributed by atoms with van der Waals surface area (Å²) in [4.78, 5) is 4.45. The monoisotopic (exact) mass is 274 g/mol. The Morgan fingerprint density at radius 1 is 1.32 bits per heavy atom. The number of nitrogen functional groups attached to an aromatic ring is 1. The van der Waals surface area contributed by atoms with Crippen LogP contribution in [0.15, 0.2) is 29.6 Å². The number of hydrogen-bond donors (Lipinski definition) is 1. The molecular formula is C15H18N2OS. The Hall–Kier alpha value is -1.55. The highest BCUT2D eigenvalue weighted by atomic mass is 32.1. The van der Waals surface area contributed by atoms with E-state index in [9.17, 15) is 0 Å². The first-order valence-corrected chi connectivity index (χ1v) is 7.27. The third-order valence-corrected chi connectivity index (χ3v) is 4.83. The molecule has 3 nitrogen and oxygen atoms in total. The van der Waals surface area contributed by atoms with Crippen molar-refractivity contribution in [2.24, 2.45) is 5.41 Å². The van der Waals surface area contributed by atoms with Crippen LogP contribution in [0.1, 0.15) is 36.9 Å². The summed E-state index contributed by atoms with van der Waals surface area (Å²) < 4.78 is 5.31. The first-order chi connectivity index (χ1) is 9.04. The van der Waals surface area contributed by atoms with Crippen molar-refractivity contribution in [3.05, 3.63) is 40.9 Å². The van der Waals surface area contributed by atoms with E-state index in [0.717, 1.165) is 11.4 Å². The second-order valence-electron chi connectivity index (χ2n) is 5.66. The smallest absolute Gasteiger partial charge is 0.180 e. The molecule has 0 bridgehead atoms. The van der Waals surface area contributed by atoms with Crippen LogP contribution in [0.2, 0.25) is 0 Å². The van der Waals surface area contributed by atoms with E-state index in [0.29, 0.717) is 17.0 Å². The molecule has 2 N–H and O–H groups in total. The van der Waals surface area contributed by atoms with E-state index in [4.69, 9.17) is 10.5 Å². The zero-order valence-corrected chi connectivity index (χ0v) is 12.2. The molecule has 1 aliphatic carbocycles. The van der Waals surface area contributed by atoms with Crippen LogP contribution < -0.4 is 10.5 Å². The van der Waals surface area contributed by atoms with Crippen molar-refractivity contribution in [3.8, 4) is 5.75 Å². The van der Waals surface area contributed by atoms with Crippen molar-refractivity contribution in [1.29, 1.82) is 0 Å². The average Bonchev–Trinajstić information content (AvgIpc) is 2.73. The Labute approximate surface area is 117 Å². The van der Waals surface area contributed by atoms with Crippen LogP contribution in [0.25, 0.3) is 0 Å². The number of rotatable bonds is 3. The van der Waals surface area contributed by atoms with Gasteiger partial charge in [-0.2, -0.15) is 0 Å². The molecule has 0 saturated heterocycles. The second kappa shape index (κ2) is 4.23. The molecule has 1 aromatic carbocycles. The van der Waals surface area contributed by atoms with Crippen LogP contribution in [0.5, 0.6) is 5.75 Å². The lowest BCUT2D eigenvalue weighted by atomic mass is 10.0. The summed E-state index contributed by atoms with van der Waals surface area (Å²) in [5.41, 5.74) is 8.42. The summed E-state index contributed by atoms with van der Waals surface area (Å²) in [6.45, 7) is 4.58. The van der Waals surface area contributed by atoms with Gasteiger partial charge in [0.1, 0.15) is 5.75 Å². The molecule has 19 heavy (non-hydrogen) atoms. The summed E-state index contributed by atoms with van der Waals surface area (Å²) in [6, 6.07) is 8.33. The van der Waals surface area contributed by atoms with Crippen LogP contribution in [-0.2, 0) is 0 Å². The Morgan fingerprint density at radius 3 is 2.74 bits per heavy atom. The first-order valence-electron chi connectivity index (χ1n) is 6.39. The summed E-state index contributed by atoms with van der Waals surface area (Å²) in [5.74, 6) is 1.86. The number of benzene rings is 1. The fourth-order valence-corrected chi connectivity index (χ4v) is 3.69. The lowest BCUT2D eigenvalue weighted by Gasteiger charge is -2.05. The number of aromatic nitrogens is 1. The Kier molecular flexibility index (Phi) is 2.78. The fraction of sp³-hybridized carbons (Fsp3) is 0.400. The van der Waals surface area contributed by atoms with Crippen LogP contribution in [0.3, 0.4) is 0 Å². The molecule has 1 aliphatic rings. The quantitative estimate of drug-likeness (QED) is 0.929. The van der Waals surface area contributed by atoms with E-state index in [1.54, 1.807) is 7.11 Å². The van der Waals surface area contributed by atoms with Crippen LogP contribution in [0.4, 0.5) is 5.13 Å². The predicted octanol–water partition coefficient (Wildman–Crippen LogP) is 3.64. The minimum Gasteiger partial charge on any atom is -0.497 e. The molecule has 1 fully saturated rings. The van der Waals surface area contributed by atoms with E-state index in [-0.39, 0.29) is 5.41 Å². The lowest BCUT2D eigenvalue weighted by molar-refractivity contribution is 0.414. The van der Waals surface area contributed by atoms with Crippen LogP contribution in [-0.4, -0.2) is 12.1 Å². The molecule has 1 aromatic heterocycles. The van der Waals surface area contributed by atoms with Gasteiger partial charge in [0, 0.05) is 11.3 Å². The van der Waals surface area contributed by atoms with Gasteiger partial charge in [-0.05, 0) is 29.0 Å². The minimum atomic E-state index is 0.229. The number of hydrogen-bond acceptors (Lipinski definition) is 4. The van der Waals surface area contributed by atoms with Gasteiger partial charge in [-0.1, -0.05) is 26.0 Å². The summed E-state index contributed by atoms with van der Waals surface area (Å²) >= 11 is 1.52. The van der Waals surface area contributed by atoms with Crippen molar-refractivity contribution < 1.29 is 4.74 Å². The van der Waals surface area contributed by atoms with Gasteiger partial charge in [0.05, 0.1) is 12.8 Å². The van der Waals surface area contributed by atoms with Gasteiger partial charge in [-0.25, -0.2) is 4.98 Å². The van der Waals surface area contributed by atoms with Gasteiger partial charge in [-0.3, -0.25) is 0 Å². The highest BCUT2D eigenvalue weighted by Crippen LogP contribution is 2.69. The third-order valence-electron chi connectivity index (χ3n) is 4.14. The number of anilines is 1. The van der Waals surface area contributed by atoms with Crippen molar-refractivity contribution >= 4 is 16.5 Å². The summed E-state index contributed by atoms with van der Waals surface area (Å²) in [5, 5.41) is 2.74. The fourth-order valence-electron chi connectivity index (χ4n) is 3.09. The molecule has 2 unspecified atom stereocenters. The largest absolute Gasteiger partial charge is 0.497 e. The first kappa shape index (κ1) is 12.5. The van der Waals surface area contributed by atoms with E-state index >= 15 is 0 Å². The standard InChI is InChI=1S/C15H18N2OS/c1-15(2)12(9-5-4-6-10(7-9)18-3)13(15)11-8-19-14(16)17-11/h4-8,12-13H,1-3H3,(H2,16,17). The van der Waals surface area contributed by atoms with E-state index in [1.807, 2.05) is 6.07 Å². The molecular weight excluding hydrogens is 256 g/mol. The van der Waals surface area contributed by atoms with Gasteiger partial charge in [-0.15, -0.1) is 11.3 Å². The molecule has 2 atom stereocenters. The van der Waals surface area contributed by atoms with E-state index < -0.39 is 0 Å². The molecule has 100 valence electrons. The number of nitrogens with two attached hydrogens (primary N) is 1. The molecule has 0 radical (unpaired) electrons. The maximum atomic E-state index is 5.75. The Morgan fingerprint density at radius 2 is 2.11 bits per heavy atom. The number of thiazole rings is 1. The molecule has 1 saturated carbocycles. The molecule has 3 rings (SSSR count). The topological polar surface area (TPSA) is 48.1 Å². The average molecular weight is 274 g/mol. The Bertz CT molecular complexity index is 606. The SMILES string of the molecule is COc1cccc(C2C(c3csc(N)n3)C2(C)C)c1. The molecule has 4 heteroatoms. The minimum absolute atomic E-state index is 0.229. The van der Waals surface area contributed by atoms with Gasteiger partial charge < -0.3 is 10.5 Å². The second-order valence-corrected chi connectivity index (χ2v) is 6.55. The zero-order chi connectivity index (χ0) is 13.6.